The predicted molar refractivity (Wildman–Crippen MR) is 143 cm³/mol. The molecule has 1 unspecified atom stereocenters. The van der Waals surface area contributed by atoms with Crippen LogP contribution in [0, 0.1) is 0 Å². The van der Waals surface area contributed by atoms with Gasteiger partial charge in [-0.1, -0.05) is 139 Å². The van der Waals surface area contributed by atoms with Crippen LogP contribution in [0.5, 0.6) is 0 Å². The molecule has 3 rings (SSSR count). The van der Waals surface area contributed by atoms with Crippen LogP contribution in [0.1, 0.15) is 111 Å². The molecular formula is C29H48ClN. The van der Waals surface area contributed by atoms with Gasteiger partial charge in [0, 0.05) is 11.6 Å². The van der Waals surface area contributed by atoms with Crippen LogP contribution in [0.15, 0.2) is 48.5 Å². The summed E-state index contributed by atoms with van der Waals surface area (Å²) in [4.78, 5) is 0. The molecule has 0 saturated carbocycles. The van der Waals surface area contributed by atoms with Gasteiger partial charge in [-0.15, -0.1) is 12.4 Å². The van der Waals surface area contributed by atoms with Gasteiger partial charge in [0.1, 0.15) is 0 Å². The van der Waals surface area contributed by atoms with Crippen molar-refractivity contribution in [2.24, 2.45) is 0 Å². The molecule has 2 aromatic carbocycles. The maximum atomic E-state index is 3.55. The topological polar surface area (TPSA) is 21.9 Å². The first-order valence-corrected chi connectivity index (χ1v) is 12.8. The fourth-order valence-electron chi connectivity index (χ4n) is 4.34. The van der Waals surface area contributed by atoms with Crippen LogP contribution in [0.3, 0.4) is 0 Å². The molecule has 0 aromatic heterocycles. The zero-order valence-corrected chi connectivity index (χ0v) is 21.3. The summed E-state index contributed by atoms with van der Waals surface area (Å²) in [5.74, 6) is 0. The van der Waals surface area contributed by atoms with Gasteiger partial charge < -0.3 is 5.32 Å². The Morgan fingerprint density at radius 2 is 0.935 bits per heavy atom. The summed E-state index contributed by atoms with van der Waals surface area (Å²) in [6.07, 6.45) is 20.3. The van der Waals surface area contributed by atoms with Crippen molar-refractivity contribution in [3.63, 3.8) is 0 Å². The van der Waals surface area contributed by atoms with Crippen LogP contribution in [0.4, 0.5) is 0 Å². The smallest absolute Gasteiger partial charge is 0.0281 e. The van der Waals surface area contributed by atoms with E-state index >= 15 is 0 Å². The molecule has 0 radical (unpaired) electrons. The molecule has 1 atom stereocenters. The average molecular weight is 446 g/mol. The highest BCUT2D eigenvalue weighted by Gasteiger charge is 2.43. The summed E-state index contributed by atoms with van der Waals surface area (Å²) >= 11 is 0. The van der Waals surface area contributed by atoms with Gasteiger partial charge in [0.05, 0.1) is 0 Å². The number of rotatable bonds is 14. The van der Waals surface area contributed by atoms with Crippen molar-refractivity contribution in [1.29, 1.82) is 0 Å². The number of hydrogen-bond donors (Lipinski definition) is 1. The standard InChI is InChI=1S/C19H39N.C10H8.ClH/c1-4-5-6-7-8-9-10-11-12-13-14-15-16-17-18-19(2,3)20-18;1-2-6-10-8-4-3-7-9(10)5-1;/h18,20H,4-17H2,1-3H3;1-8H;1H. The summed E-state index contributed by atoms with van der Waals surface area (Å²) < 4.78 is 0. The van der Waals surface area contributed by atoms with Crippen molar-refractivity contribution >= 4 is 23.2 Å². The van der Waals surface area contributed by atoms with E-state index in [1.54, 1.807) is 0 Å². The molecule has 1 fully saturated rings. The summed E-state index contributed by atoms with van der Waals surface area (Å²) in [5.41, 5.74) is 0.455. The van der Waals surface area contributed by atoms with Gasteiger partial charge in [0.25, 0.3) is 0 Å². The van der Waals surface area contributed by atoms with Gasteiger partial charge in [-0.05, 0) is 31.0 Å². The van der Waals surface area contributed by atoms with E-state index in [2.05, 4.69) is 74.6 Å². The molecule has 1 aliphatic heterocycles. The third kappa shape index (κ3) is 12.5. The lowest BCUT2D eigenvalue weighted by Gasteiger charge is -2.03. The molecule has 0 spiro atoms. The highest BCUT2D eigenvalue weighted by atomic mass is 35.5. The summed E-state index contributed by atoms with van der Waals surface area (Å²) in [6, 6.07) is 17.5. The van der Waals surface area contributed by atoms with Crippen molar-refractivity contribution < 1.29 is 0 Å². The zero-order valence-electron chi connectivity index (χ0n) is 20.5. The van der Waals surface area contributed by atoms with Crippen molar-refractivity contribution in [3.05, 3.63) is 48.5 Å². The minimum Gasteiger partial charge on any atom is -0.306 e. The monoisotopic (exact) mass is 445 g/mol. The SMILES string of the molecule is CCCCCCCCCCCCCCCC1NC1(C)C.Cl.c1ccc2ccccc2c1. The molecule has 2 aromatic rings. The van der Waals surface area contributed by atoms with Gasteiger partial charge in [0.2, 0.25) is 0 Å². The van der Waals surface area contributed by atoms with Gasteiger partial charge >= 0.3 is 0 Å². The quantitative estimate of drug-likeness (QED) is 0.227. The number of benzene rings is 2. The number of fused-ring (bicyclic) bond motifs is 1. The van der Waals surface area contributed by atoms with E-state index in [4.69, 9.17) is 0 Å². The van der Waals surface area contributed by atoms with Crippen molar-refractivity contribution in [1.82, 2.24) is 5.32 Å². The van der Waals surface area contributed by atoms with E-state index in [0.717, 1.165) is 6.04 Å². The maximum absolute atomic E-state index is 3.55. The molecule has 176 valence electrons. The van der Waals surface area contributed by atoms with Crippen LogP contribution >= 0.6 is 12.4 Å². The Bertz CT molecular complexity index is 616. The number of unbranched alkanes of at least 4 members (excludes halogenated alkanes) is 12. The third-order valence-corrected chi connectivity index (χ3v) is 6.59. The Balaban J connectivity index is 0.000000363. The second-order valence-electron chi connectivity index (χ2n) is 9.80. The summed E-state index contributed by atoms with van der Waals surface area (Å²) in [7, 11) is 0. The van der Waals surface area contributed by atoms with Crippen molar-refractivity contribution in [2.45, 2.75) is 122 Å². The molecule has 0 aliphatic carbocycles. The molecule has 0 amide bonds. The predicted octanol–water partition coefficient (Wildman–Crippen LogP) is 9.48. The van der Waals surface area contributed by atoms with Crippen molar-refractivity contribution in [3.8, 4) is 0 Å². The average Bonchev–Trinajstić information content (AvgIpc) is 3.38. The molecule has 1 N–H and O–H groups in total. The number of halogens is 1. The third-order valence-electron chi connectivity index (χ3n) is 6.59. The first-order chi connectivity index (χ1) is 14.6. The number of hydrogen-bond acceptors (Lipinski definition) is 1. The van der Waals surface area contributed by atoms with Crippen LogP contribution in [0.25, 0.3) is 10.8 Å². The van der Waals surface area contributed by atoms with E-state index in [1.807, 2.05) is 0 Å². The van der Waals surface area contributed by atoms with E-state index in [9.17, 15) is 0 Å². The van der Waals surface area contributed by atoms with Crippen LogP contribution in [-0.4, -0.2) is 11.6 Å². The van der Waals surface area contributed by atoms with Gasteiger partial charge in [-0.25, -0.2) is 0 Å². The van der Waals surface area contributed by atoms with E-state index < -0.39 is 0 Å². The second-order valence-corrected chi connectivity index (χ2v) is 9.80. The molecule has 0 bridgehead atoms. The molecule has 2 heteroatoms. The van der Waals surface area contributed by atoms with E-state index in [0.29, 0.717) is 5.54 Å². The highest BCUT2D eigenvalue weighted by Crippen LogP contribution is 2.29. The zero-order chi connectivity index (χ0) is 21.5. The Hall–Kier alpha value is -1.05. The fourth-order valence-corrected chi connectivity index (χ4v) is 4.34. The summed E-state index contributed by atoms with van der Waals surface area (Å²) in [5, 5.41) is 6.17. The van der Waals surface area contributed by atoms with Crippen LogP contribution in [0.2, 0.25) is 0 Å². The Morgan fingerprint density at radius 1 is 0.613 bits per heavy atom. The molecule has 1 saturated heterocycles. The van der Waals surface area contributed by atoms with Gasteiger partial charge in [-0.3, -0.25) is 0 Å². The van der Waals surface area contributed by atoms with E-state index in [1.165, 1.54) is 101 Å². The fraction of sp³-hybridized carbons (Fsp3) is 0.655. The Labute approximate surface area is 199 Å². The van der Waals surface area contributed by atoms with Crippen molar-refractivity contribution in [2.75, 3.05) is 0 Å². The lowest BCUT2D eigenvalue weighted by atomic mass is 10.0. The molecule has 1 heterocycles. The first kappa shape index (κ1) is 28.0. The molecular weight excluding hydrogens is 398 g/mol. The first-order valence-electron chi connectivity index (χ1n) is 12.8. The Morgan fingerprint density at radius 3 is 1.26 bits per heavy atom. The maximum Gasteiger partial charge on any atom is 0.0281 e. The van der Waals surface area contributed by atoms with Crippen LogP contribution < -0.4 is 5.32 Å². The van der Waals surface area contributed by atoms with Crippen LogP contribution in [-0.2, 0) is 0 Å². The number of nitrogens with one attached hydrogen (secondary N) is 1. The summed E-state index contributed by atoms with van der Waals surface area (Å²) in [6.45, 7) is 6.93. The minimum atomic E-state index is 0. The lowest BCUT2D eigenvalue weighted by molar-refractivity contribution is 0.532. The van der Waals surface area contributed by atoms with E-state index in [-0.39, 0.29) is 12.4 Å². The van der Waals surface area contributed by atoms with Gasteiger partial charge in [0.15, 0.2) is 0 Å². The highest BCUT2D eigenvalue weighted by molar-refractivity contribution is 5.85. The molecule has 1 aliphatic rings. The lowest BCUT2D eigenvalue weighted by Crippen LogP contribution is -2.03. The Kier molecular flexibility index (Phi) is 15.0. The normalized spacial score (nSPS) is 16.3. The molecule has 31 heavy (non-hydrogen) atoms. The van der Waals surface area contributed by atoms with Gasteiger partial charge in [-0.2, -0.15) is 0 Å². The molecule has 1 nitrogen and oxygen atoms in total. The largest absolute Gasteiger partial charge is 0.306 e. The second kappa shape index (κ2) is 16.6. The minimum absolute atomic E-state index is 0.